The maximum absolute atomic E-state index is 13.4. The molecule has 0 atom stereocenters. The van der Waals surface area contributed by atoms with E-state index in [0.29, 0.717) is 33.7 Å². The van der Waals surface area contributed by atoms with Crippen LogP contribution in [0.25, 0.3) is 11.1 Å². The fourth-order valence-corrected chi connectivity index (χ4v) is 5.39. The van der Waals surface area contributed by atoms with Gasteiger partial charge in [0.05, 0.1) is 12.9 Å². The number of ether oxygens (including phenoxy) is 2. The molecule has 4 aromatic rings. The molecular weight excluding hydrogens is 515 g/mol. The molecule has 2 aromatic carbocycles. The van der Waals surface area contributed by atoms with Crippen molar-refractivity contribution in [3.63, 3.8) is 0 Å². The van der Waals surface area contributed by atoms with E-state index >= 15 is 0 Å². The highest BCUT2D eigenvalue weighted by atomic mass is 32.2. The van der Waals surface area contributed by atoms with Crippen LogP contribution in [0.5, 0.6) is 5.75 Å². The van der Waals surface area contributed by atoms with Crippen LogP contribution in [-0.4, -0.2) is 39.5 Å². The van der Waals surface area contributed by atoms with Crippen molar-refractivity contribution in [1.29, 1.82) is 0 Å². The summed E-state index contributed by atoms with van der Waals surface area (Å²) in [6.07, 6.45) is 0. The van der Waals surface area contributed by atoms with Crippen LogP contribution in [0, 0.1) is 12.7 Å². The van der Waals surface area contributed by atoms with E-state index in [1.807, 2.05) is 42.7 Å². The molecule has 0 aliphatic heterocycles. The van der Waals surface area contributed by atoms with Gasteiger partial charge < -0.3 is 19.4 Å². The fraction of sp³-hybridized carbons (Fsp3) is 0.231. The van der Waals surface area contributed by atoms with Crippen LogP contribution in [0.3, 0.4) is 0 Å². The quantitative estimate of drug-likeness (QED) is 0.208. The van der Waals surface area contributed by atoms with Crippen LogP contribution in [-0.2, 0) is 22.7 Å². The Morgan fingerprint density at radius 3 is 2.65 bits per heavy atom. The number of aromatic nitrogens is 3. The van der Waals surface area contributed by atoms with E-state index in [2.05, 4.69) is 15.5 Å². The summed E-state index contributed by atoms with van der Waals surface area (Å²) in [5.41, 5.74) is 2.53. The van der Waals surface area contributed by atoms with Gasteiger partial charge >= 0.3 is 5.97 Å². The number of benzene rings is 2. The molecule has 0 unspecified atom stereocenters. The van der Waals surface area contributed by atoms with Gasteiger partial charge in [0.15, 0.2) is 11.0 Å². The molecule has 0 aliphatic carbocycles. The van der Waals surface area contributed by atoms with Crippen molar-refractivity contribution in [2.24, 2.45) is 0 Å². The Balaban J connectivity index is 1.42. The van der Waals surface area contributed by atoms with Crippen molar-refractivity contribution < 1.29 is 23.5 Å². The minimum absolute atomic E-state index is 0.0568. The summed E-state index contributed by atoms with van der Waals surface area (Å²) in [4.78, 5) is 25.3. The first-order chi connectivity index (χ1) is 17.9. The molecule has 0 radical (unpaired) electrons. The highest BCUT2D eigenvalue weighted by Crippen LogP contribution is 2.36. The smallest absolute Gasteiger partial charge is 0.341 e. The van der Waals surface area contributed by atoms with Gasteiger partial charge in [-0.2, -0.15) is 0 Å². The van der Waals surface area contributed by atoms with Crippen molar-refractivity contribution >= 4 is 40.0 Å². The molecule has 2 heterocycles. The summed E-state index contributed by atoms with van der Waals surface area (Å²) >= 11 is 2.44. The summed E-state index contributed by atoms with van der Waals surface area (Å²) in [6.45, 7) is 4.83. The number of hydrogen-bond donors (Lipinski definition) is 1. The van der Waals surface area contributed by atoms with E-state index < -0.39 is 5.97 Å². The van der Waals surface area contributed by atoms with Crippen molar-refractivity contribution in [1.82, 2.24) is 14.8 Å². The van der Waals surface area contributed by atoms with Crippen LogP contribution in [0.15, 0.2) is 59.1 Å². The number of rotatable bonds is 10. The summed E-state index contributed by atoms with van der Waals surface area (Å²) < 4.78 is 26.0. The number of hydrogen-bond acceptors (Lipinski definition) is 8. The summed E-state index contributed by atoms with van der Waals surface area (Å²) in [6, 6.07) is 13.5. The Bertz CT molecular complexity index is 1400. The van der Waals surface area contributed by atoms with Gasteiger partial charge in [0.1, 0.15) is 28.7 Å². The average molecular weight is 541 g/mol. The van der Waals surface area contributed by atoms with Crippen LogP contribution >= 0.6 is 23.1 Å². The molecule has 1 amide bonds. The van der Waals surface area contributed by atoms with E-state index in [-0.39, 0.29) is 29.6 Å². The number of carbonyl (C=O) groups is 2. The van der Waals surface area contributed by atoms with Gasteiger partial charge in [-0.3, -0.25) is 4.79 Å². The molecule has 0 spiro atoms. The zero-order valence-corrected chi connectivity index (χ0v) is 22.1. The van der Waals surface area contributed by atoms with E-state index in [1.165, 1.54) is 42.3 Å². The molecule has 1 N–H and O–H groups in total. The first-order valence-electron chi connectivity index (χ1n) is 11.4. The van der Waals surface area contributed by atoms with Crippen LogP contribution in [0.1, 0.15) is 28.7 Å². The standard InChI is InChI=1S/C26H25FN4O4S2/c1-4-31-21(13-35-19-7-5-6-16(2)12-19)29-30-26(31)37-15-22(32)28-24-23(25(33)34-3)20(14-36-24)17-8-10-18(27)11-9-17/h5-12,14H,4,13,15H2,1-3H3,(H,28,32). The lowest BCUT2D eigenvalue weighted by Gasteiger charge is -2.10. The van der Waals surface area contributed by atoms with Gasteiger partial charge in [-0.25, -0.2) is 9.18 Å². The Labute approximate surface area is 221 Å². The van der Waals surface area contributed by atoms with E-state index in [4.69, 9.17) is 9.47 Å². The van der Waals surface area contributed by atoms with Crippen molar-refractivity contribution in [3.8, 4) is 16.9 Å². The molecule has 0 saturated heterocycles. The largest absolute Gasteiger partial charge is 0.486 e. The molecule has 192 valence electrons. The van der Waals surface area contributed by atoms with E-state index in [1.54, 1.807) is 17.5 Å². The second-order valence-corrected chi connectivity index (χ2v) is 9.76. The molecule has 0 bridgehead atoms. The fourth-order valence-electron chi connectivity index (χ4n) is 3.59. The topological polar surface area (TPSA) is 95.3 Å². The van der Waals surface area contributed by atoms with Gasteiger partial charge in [0, 0.05) is 17.5 Å². The Morgan fingerprint density at radius 2 is 1.95 bits per heavy atom. The normalized spacial score (nSPS) is 10.8. The predicted octanol–water partition coefficient (Wildman–Crippen LogP) is 5.57. The number of amides is 1. The number of anilines is 1. The number of carbonyl (C=O) groups excluding carboxylic acids is 2. The SMILES string of the molecule is CCn1c(COc2cccc(C)c2)nnc1SCC(=O)Nc1scc(-c2ccc(F)cc2)c1C(=O)OC. The van der Waals surface area contributed by atoms with Crippen molar-refractivity contribution in [2.75, 3.05) is 18.2 Å². The molecule has 37 heavy (non-hydrogen) atoms. The monoisotopic (exact) mass is 540 g/mol. The zero-order valence-electron chi connectivity index (χ0n) is 20.5. The minimum Gasteiger partial charge on any atom is -0.486 e. The number of aryl methyl sites for hydroxylation is 1. The van der Waals surface area contributed by atoms with Gasteiger partial charge in [-0.15, -0.1) is 21.5 Å². The van der Waals surface area contributed by atoms with Crippen LogP contribution in [0.4, 0.5) is 9.39 Å². The second-order valence-electron chi connectivity index (χ2n) is 7.94. The molecule has 0 fully saturated rings. The summed E-state index contributed by atoms with van der Waals surface area (Å²) in [5.74, 6) is 0.174. The molecule has 0 saturated carbocycles. The number of thiophene rings is 1. The maximum atomic E-state index is 13.4. The number of esters is 1. The summed E-state index contributed by atoms with van der Waals surface area (Å²) in [7, 11) is 1.27. The molecule has 2 aromatic heterocycles. The van der Waals surface area contributed by atoms with Gasteiger partial charge in [0.25, 0.3) is 0 Å². The third-order valence-corrected chi connectivity index (χ3v) is 7.25. The third kappa shape index (κ3) is 6.36. The third-order valence-electron chi connectivity index (χ3n) is 5.39. The molecule has 8 nitrogen and oxygen atoms in total. The molecule has 0 aliphatic rings. The second kappa shape index (κ2) is 12.0. The number of methoxy groups -OCH3 is 1. The average Bonchev–Trinajstić information content (AvgIpc) is 3.49. The summed E-state index contributed by atoms with van der Waals surface area (Å²) in [5, 5.41) is 13.9. The lowest BCUT2D eigenvalue weighted by atomic mass is 10.0. The highest BCUT2D eigenvalue weighted by Gasteiger charge is 2.23. The number of nitrogens with zero attached hydrogens (tertiary/aromatic N) is 3. The van der Waals surface area contributed by atoms with Crippen molar-refractivity contribution in [3.05, 3.63) is 76.7 Å². The van der Waals surface area contributed by atoms with Crippen LogP contribution in [0.2, 0.25) is 0 Å². The number of halogens is 1. The zero-order chi connectivity index (χ0) is 26.4. The first-order valence-corrected chi connectivity index (χ1v) is 13.3. The number of nitrogens with one attached hydrogen (secondary N) is 1. The Kier molecular flexibility index (Phi) is 8.57. The Morgan fingerprint density at radius 1 is 1.16 bits per heavy atom. The molecular formula is C26H25FN4O4S2. The lowest BCUT2D eigenvalue weighted by molar-refractivity contribution is -0.113. The van der Waals surface area contributed by atoms with E-state index in [0.717, 1.165) is 11.3 Å². The van der Waals surface area contributed by atoms with Crippen molar-refractivity contribution in [2.45, 2.75) is 32.2 Å². The van der Waals surface area contributed by atoms with Gasteiger partial charge in [-0.05, 0) is 49.2 Å². The van der Waals surface area contributed by atoms with Crippen LogP contribution < -0.4 is 10.1 Å². The number of thioether (sulfide) groups is 1. The highest BCUT2D eigenvalue weighted by molar-refractivity contribution is 7.99. The van der Waals surface area contributed by atoms with E-state index in [9.17, 15) is 14.0 Å². The Hall–Kier alpha value is -3.70. The predicted molar refractivity (Wildman–Crippen MR) is 142 cm³/mol. The van der Waals surface area contributed by atoms with Gasteiger partial charge in [0.2, 0.25) is 5.91 Å². The van der Waals surface area contributed by atoms with Gasteiger partial charge in [-0.1, -0.05) is 36.0 Å². The maximum Gasteiger partial charge on any atom is 0.341 e. The minimum atomic E-state index is -0.590. The molecule has 4 rings (SSSR count). The first kappa shape index (κ1) is 26.4. The lowest BCUT2D eigenvalue weighted by Crippen LogP contribution is -2.16. The molecule has 11 heteroatoms.